The largest absolute Gasteiger partial charge is 0.0649 e. The van der Waals surface area contributed by atoms with Gasteiger partial charge in [-0.25, -0.2) is 0 Å². The number of hydrogen-bond acceptors (Lipinski definition) is 0. The Morgan fingerprint density at radius 3 is 2.17 bits per heavy atom. The molecule has 0 aromatic heterocycles. The summed E-state index contributed by atoms with van der Waals surface area (Å²) in [6.45, 7) is 7.47. The smallest absolute Gasteiger partial charge is 0.0300 e. The van der Waals surface area contributed by atoms with Gasteiger partial charge in [0.15, 0.2) is 0 Å². The maximum absolute atomic E-state index is 2.60. The number of fused-ring (bicyclic) bond motifs is 9. The minimum Gasteiger partial charge on any atom is -0.0649 e. The van der Waals surface area contributed by atoms with Gasteiger partial charge in [0, 0.05) is 0 Å². The zero-order chi connectivity index (χ0) is 12.5. The van der Waals surface area contributed by atoms with Gasteiger partial charge in [0.1, 0.15) is 0 Å². The fourth-order valence-corrected chi connectivity index (χ4v) is 7.14. The highest BCUT2D eigenvalue weighted by Gasteiger charge is 2.63. The fourth-order valence-electron chi connectivity index (χ4n) is 7.14. The van der Waals surface area contributed by atoms with Crippen LogP contribution in [0.1, 0.15) is 65.7 Å². The van der Waals surface area contributed by atoms with Crippen LogP contribution in [0.4, 0.5) is 0 Å². The first-order valence-corrected chi connectivity index (χ1v) is 8.68. The first-order valence-electron chi connectivity index (χ1n) is 8.68. The van der Waals surface area contributed by atoms with Gasteiger partial charge in [0.05, 0.1) is 0 Å². The van der Waals surface area contributed by atoms with Crippen molar-refractivity contribution in [2.75, 3.05) is 0 Å². The molecule has 0 nitrogen and oxygen atoms in total. The molecule has 0 amide bonds. The highest BCUT2D eigenvalue weighted by molar-refractivity contribution is 5.12. The second-order valence-corrected chi connectivity index (χ2v) is 8.35. The van der Waals surface area contributed by atoms with E-state index < -0.39 is 0 Å². The first-order chi connectivity index (χ1) is 8.68. The standard InChI is InChI=1S/C18H30/c1-4-18(3,5-2)15-10-13-9-14(15)17-12-7-6-11(8-12)16(13)17/h11-17H,4-10H2,1-3H3. The molecule has 0 spiro atoms. The lowest BCUT2D eigenvalue weighted by Crippen LogP contribution is -2.39. The van der Waals surface area contributed by atoms with E-state index in [4.69, 9.17) is 0 Å². The van der Waals surface area contributed by atoms with E-state index in [2.05, 4.69) is 20.8 Å². The quantitative estimate of drug-likeness (QED) is 0.605. The van der Waals surface area contributed by atoms with E-state index in [0.717, 1.165) is 23.7 Å². The van der Waals surface area contributed by atoms with Crippen molar-refractivity contribution in [3.63, 3.8) is 0 Å². The van der Waals surface area contributed by atoms with Crippen LogP contribution >= 0.6 is 0 Å². The minimum absolute atomic E-state index is 0.659. The van der Waals surface area contributed by atoms with Crippen molar-refractivity contribution in [2.45, 2.75) is 65.7 Å². The molecule has 4 bridgehead atoms. The molecular formula is C18H30. The Bertz CT molecular complexity index is 340. The Kier molecular flexibility index (Phi) is 2.47. The molecule has 0 aliphatic heterocycles. The second kappa shape index (κ2) is 3.76. The molecule has 7 atom stereocenters. The molecule has 4 saturated carbocycles. The SMILES string of the molecule is CCC(C)(CC)C1CC2CC1C1C3CCC(C3)C21. The van der Waals surface area contributed by atoms with Crippen LogP contribution < -0.4 is 0 Å². The van der Waals surface area contributed by atoms with Crippen LogP contribution in [0.15, 0.2) is 0 Å². The van der Waals surface area contributed by atoms with Gasteiger partial charge in [-0.3, -0.25) is 0 Å². The van der Waals surface area contributed by atoms with Crippen molar-refractivity contribution in [1.82, 2.24) is 0 Å². The molecule has 0 aromatic rings. The van der Waals surface area contributed by atoms with Crippen molar-refractivity contribution in [2.24, 2.45) is 46.8 Å². The van der Waals surface area contributed by atoms with Gasteiger partial charge < -0.3 is 0 Å². The second-order valence-electron chi connectivity index (χ2n) is 8.35. The molecule has 7 unspecified atom stereocenters. The summed E-state index contributed by atoms with van der Waals surface area (Å²) in [5.74, 6) is 8.09. The molecule has 4 rings (SSSR count). The summed E-state index contributed by atoms with van der Waals surface area (Å²) in [4.78, 5) is 0. The molecule has 4 aliphatic rings. The Morgan fingerprint density at radius 2 is 1.50 bits per heavy atom. The van der Waals surface area contributed by atoms with Crippen molar-refractivity contribution in [3.05, 3.63) is 0 Å². The van der Waals surface area contributed by atoms with Gasteiger partial charge in [0.2, 0.25) is 0 Å². The lowest BCUT2D eigenvalue weighted by molar-refractivity contribution is 0.0281. The Labute approximate surface area is 113 Å². The van der Waals surface area contributed by atoms with Crippen LogP contribution in [-0.2, 0) is 0 Å². The van der Waals surface area contributed by atoms with Gasteiger partial charge in [-0.05, 0) is 78.9 Å². The summed E-state index contributed by atoms with van der Waals surface area (Å²) >= 11 is 0. The molecule has 0 N–H and O–H groups in total. The van der Waals surface area contributed by atoms with E-state index in [1.54, 1.807) is 32.1 Å². The van der Waals surface area contributed by atoms with Crippen LogP contribution in [0.3, 0.4) is 0 Å². The van der Waals surface area contributed by atoms with Crippen LogP contribution in [0.25, 0.3) is 0 Å². The monoisotopic (exact) mass is 246 g/mol. The lowest BCUT2D eigenvalue weighted by Gasteiger charge is -2.46. The maximum atomic E-state index is 2.60. The molecule has 0 aromatic carbocycles. The van der Waals surface area contributed by atoms with E-state index in [9.17, 15) is 0 Å². The Balaban J connectivity index is 1.62. The summed E-state index contributed by atoms with van der Waals surface area (Å²) in [6.07, 6.45) is 10.9. The predicted octanol–water partition coefficient (Wildman–Crippen LogP) is 5.13. The third-order valence-corrected chi connectivity index (χ3v) is 8.24. The zero-order valence-corrected chi connectivity index (χ0v) is 12.5. The van der Waals surface area contributed by atoms with E-state index in [1.165, 1.54) is 30.6 Å². The van der Waals surface area contributed by atoms with Crippen molar-refractivity contribution < 1.29 is 0 Å². The maximum Gasteiger partial charge on any atom is -0.0300 e. The molecule has 4 aliphatic carbocycles. The van der Waals surface area contributed by atoms with Crippen molar-refractivity contribution in [3.8, 4) is 0 Å². The normalized spacial score (nSPS) is 53.2. The molecule has 18 heavy (non-hydrogen) atoms. The van der Waals surface area contributed by atoms with Crippen molar-refractivity contribution in [1.29, 1.82) is 0 Å². The first kappa shape index (κ1) is 11.8. The summed E-state index contributed by atoms with van der Waals surface area (Å²) in [7, 11) is 0. The molecular weight excluding hydrogens is 216 g/mol. The van der Waals surface area contributed by atoms with E-state index >= 15 is 0 Å². The molecule has 0 radical (unpaired) electrons. The third-order valence-electron chi connectivity index (χ3n) is 8.24. The molecule has 0 heteroatoms. The van der Waals surface area contributed by atoms with Gasteiger partial charge >= 0.3 is 0 Å². The topological polar surface area (TPSA) is 0 Å². The number of hydrogen-bond donors (Lipinski definition) is 0. The molecule has 0 heterocycles. The highest BCUT2D eigenvalue weighted by atomic mass is 14.7. The van der Waals surface area contributed by atoms with E-state index in [1.807, 2.05) is 0 Å². The molecule has 0 saturated heterocycles. The van der Waals surface area contributed by atoms with E-state index in [0.29, 0.717) is 5.41 Å². The summed E-state index contributed by atoms with van der Waals surface area (Å²) in [6, 6.07) is 0. The third kappa shape index (κ3) is 1.28. The molecule has 4 fully saturated rings. The zero-order valence-electron chi connectivity index (χ0n) is 12.5. The summed E-state index contributed by atoms with van der Waals surface area (Å²) in [5.41, 5.74) is 0.659. The number of rotatable bonds is 3. The average molecular weight is 246 g/mol. The summed E-state index contributed by atoms with van der Waals surface area (Å²) in [5, 5.41) is 0. The van der Waals surface area contributed by atoms with Gasteiger partial charge in [-0.15, -0.1) is 0 Å². The fraction of sp³-hybridized carbons (Fsp3) is 1.00. The summed E-state index contributed by atoms with van der Waals surface area (Å²) < 4.78 is 0. The highest BCUT2D eigenvalue weighted by Crippen LogP contribution is 2.71. The minimum atomic E-state index is 0.659. The van der Waals surface area contributed by atoms with Gasteiger partial charge in [-0.1, -0.05) is 33.6 Å². The predicted molar refractivity (Wildman–Crippen MR) is 76.2 cm³/mol. The molecule has 102 valence electrons. The Hall–Kier alpha value is 0. The Morgan fingerprint density at radius 1 is 0.833 bits per heavy atom. The van der Waals surface area contributed by atoms with Crippen LogP contribution in [0, 0.1) is 46.8 Å². The van der Waals surface area contributed by atoms with Crippen LogP contribution in [0.5, 0.6) is 0 Å². The van der Waals surface area contributed by atoms with Crippen LogP contribution in [-0.4, -0.2) is 0 Å². The van der Waals surface area contributed by atoms with Crippen LogP contribution in [0.2, 0.25) is 0 Å². The lowest BCUT2D eigenvalue weighted by atomic mass is 9.59. The van der Waals surface area contributed by atoms with Gasteiger partial charge in [-0.2, -0.15) is 0 Å². The van der Waals surface area contributed by atoms with Gasteiger partial charge in [0.25, 0.3) is 0 Å². The average Bonchev–Trinajstić information content (AvgIpc) is 3.13. The van der Waals surface area contributed by atoms with E-state index in [-0.39, 0.29) is 0 Å². The van der Waals surface area contributed by atoms with Crippen molar-refractivity contribution >= 4 is 0 Å².